The van der Waals surface area contributed by atoms with Crippen LogP contribution >= 0.6 is 34.8 Å². The van der Waals surface area contributed by atoms with Crippen LogP contribution in [-0.4, -0.2) is 44.7 Å². The van der Waals surface area contributed by atoms with Crippen molar-refractivity contribution in [3.8, 4) is 5.75 Å². The lowest BCUT2D eigenvalue weighted by Gasteiger charge is -2.16. The molecule has 0 bridgehead atoms. The van der Waals surface area contributed by atoms with Crippen molar-refractivity contribution >= 4 is 52.6 Å². The first-order valence-electron chi connectivity index (χ1n) is 6.49. The molecule has 24 heavy (non-hydrogen) atoms. The average Bonchev–Trinajstić information content (AvgIpc) is 2.55. The summed E-state index contributed by atoms with van der Waals surface area (Å²) in [6, 6.07) is 1.53. The Labute approximate surface area is 153 Å². The lowest BCUT2D eigenvalue weighted by atomic mass is 10.2. The normalized spacial score (nSPS) is 11.4. The summed E-state index contributed by atoms with van der Waals surface area (Å²) in [6.45, 7) is -0.466. The molecule has 1 aromatic rings. The Hall–Kier alpha value is -1.70. The number of rotatable bonds is 7. The summed E-state index contributed by atoms with van der Waals surface area (Å²) >= 11 is 17.5. The summed E-state index contributed by atoms with van der Waals surface area (Å²) in [5.41, 5.74) is 0. The minimum absolute atomic E-state index is 0.142. The number of hydrogen-bond acceptors (Lipinski definition) is 6. The first kappa shape index (κ1) is 20.3. The van der Waals surface area contributed by atoms with E-state index >= 15 is 0 Å². The largest absolute Gasteiger partial charge is 0.482 e. The van der Waals surface area contributed by atoms with Gasteiger partial charge >= 0.3 is 11.9 Å². The Balaban J connectivity index is 2.67. The van der Waals surface area contributed by atoms with Crippen LogP contribution in [0.4, 0.5) is 0 Å². The number of halogens is 3. The van der Waals surface area contributed by atoms with E-state index in [9.17, 15) is 14.4 Å². The fourth-order valence-electron chi connectivity index (χ4n) is 1.58. The minimum Gasteiger partial charge on any atom is -0.482 e. The van der Waals surface area contributed by atoms with Crippen molar-refractivity contribution in [2.75, 3.05) is 20.8 Å². The van der Waals surface area contributed by atoms with Gasteiger partial charge in [-0.2, -0.15) is 0 Å². The van der Waals surface area contributed by atoms with Crippen molar-refractivity contribution < 1.29 is 28.6 Å². The minimum atomic E-state index is -1.19. The summed E-state index contributed by atoms with van der Waals surface area (Å²) in [6.07, 6.45) is -0.373. The van der Waals surface area contributed by atoms with Gasteiger partial charge in [0.2, 0.25) is 0 Å². The summed E-state index contributed by atoms with van der Waals surface area (Å²) in [5.74, 6) is -2.00. The van der Waals surface area contributed by atoms with Gasteiger partial charge in [-0.05, 0) is 6.07 Å². The second-order valence-corrected chi connectivity index (χ2v) is 5.63. The summed E-state index contributed by atoms with van der Waals surface area (Å²) in [5, 5.41) is 2.91. The molecule has 0 aliphatic carbocycles. The van der Waals surface area contributed by atoms with Crippen LogP contribution < -0.4 is 10.1 Å². The first-order valence-corrected chi connectivity index (χ1v) is 7.63. The van der Waals surface area contributed by atoms with Crippen molar-refractivity contribution in [1.82, 2.24) is 5.32 Å². The molecule has 0 aromatic heterocycles. The molecule has 0 saturated heterocycles. The maximum Gasteiger partial charge on any atom is 0.328 e. The number of ether oxygens (including phenoxy) is 3. The Morgan fingerprint density at radius 3 is 2.25 bits per heavy atom. The van der Waals surface area contributed by atoms with Crippen LogP contribution in [0, 0.1) is 0 Å². The topological polar surface area (TPSA) is 90.9 Å². The number of carbonyl (C=O) groups is 3. The van der Waals surface area contributed by atoms with Gasteiger partial charge in [0.1, 0.15) is 11.8 Å². The molecule has 132 valence electrons. The van der Waals surface area contributed by atoms with Gasteiger partial charge in [0.25, 0.3) is 5.91 Å². The van der Waals surface area contributed by atoms with Crippen LogP contribution in [-0.2, 0) is 23.9 Å². The fraction of sp³-hybridized carbons (Fsp3) is 0.357. The Morgan fingerprint density at radius 1 is 1.04 bits per heavy atom. The van der Waals surface area contributed by atoms with Crippen molar-refractivity contribution in [3.05, 3.63) is 27.2 Å². The fourth-order valence-corrected chi connectivity index (χ4v) is 2.17. The van der Waals surface area contributed by atoms with E-state index in [0.29, 0.717) is 0 Å². The zero-order valence-electron chi connectivity index (χ0n) is 12.7. The second-order valence-electron chi connectivity index (χ2n) is 4.41. The number of hydrogen-bond donors (Lipinski definition) is 1. The number of nitrogens with one attached hydrogen (secondary N) is 1. The molecule has 1 aromatic carbocycles. The molecule has 0 fully saturated rings. The molecule has 0 heterocycles. The standard InChI is InChI=1S/C14H14Cl3NO6/c1-22-13(20)5-10(14(21)23-2)18-12(19)6-24-11-4-8(16)7(15)3-9(11)17/h3-4,10H,5-6H2,1-2H3,(H,18,19)/t10-/m0/s1. The third-order valence-corrected chi connectivity index (χ3v) is 3.77. The second kappa shape index (κ2) is 9.56. The third kappa shape index (κ3) is 6.07. The quantitative estimate of drug-likeness (QED) is 0.559. The maximum atomic E-state index is 11.9. The molecule has 1 rings (SSSR count). The van der Waals surface area contributed by atoms with E-state index in [1.54, 1.807) is 0 Å². The van der Waals surface area contributed by atoms with Gasteiger partial charge in [-0.25, -0.2) is 4.79 Å². The van der Waals surface area contributed by atoms with E-state index in [-0.39, 0.29) is 27.2 Å². The molecule has 0 saturated carbocycles. The molecule has 0 aliphatic rings. The Bertz CT molecular complexity index is 637. The van der Waals surface area contributed by atoms with Crippen molar-refractivity contribution in [2.24, 2.45) is 0 Å². The molecular weight excluding hydrogens is 385 g/mol. The number of carbonyl (C=O) groups excluding carboxylic acids is 3. The van der Waals surface area contributed by atoms with Crippen LogP contribution in [0.2, 0.25) is 15.1 Å². The molecule has 0 unspecified atom stereocenters. The van der Waals surface area contributed by atoms with Crippen LogP contribution in [0.3, 0.4) is 0 Å². The number of methoxy groups -OCH3 is 2. The highest BCUT2D eigenvalue weighted by molar-refractivity contribution is 6.43. The van der Waals surface area contributed by atoms with Crippen molar-refractivity contribution in [2.45, 2.75) is 12.5 Å². The number of esters is 2. The first-order chi connectivity index (χ1) is 11.3. The molecule has 0 spiro atoms. The van der Waals surface area contributed by atoms with Crippen LogP contribution in [0.15, 0.2) is 12.1 Å². The summed E-state index contributed by atoms with van der Waals surface area (Å²) in [7, 11) is 2.29. The smallest absolute Gasteiger partial charge is 0.328 e. The molecule has 7 nitrogen and oxygen atoms in total. The van der Waals surface area contributed by atoms with E-state index in [2.05, 4.69) is 14.8 Å². The van der Waals surface area contributed by atoms with Crippen LogP contribution in [0.25, 0.3) is 0 Å². The predicted molar refractivity (Wildman–Crippen MR) is 87.5 cm³/mol. The van der Waals surface area contributed by atoms with Gasteiger partial charge in [0.05, 0.1) is 35.7 Å². The van der Waals surface area contributed by atoms with Crippen molar-refractivity contribution in [3.63, 3.8) is 0 Å². The highest BCUT2D eigenvalue weighted by Crippen LogP contribution is 2.33. The van der Waals surface area contributed by atoms with Gasteiger partial charge in [-0.1, -0.05) is 34.8 Å². The predicted octanol–water partition coefficient (Wildman–Crippen LogP) is 2.25. The molecule has 1 atom stereocenters. The summed E-state index contributed by atoms with van der Waals surface area (Å²) in [4.78, 5) is 34.7. The highest BCUT2D eigenvalue weighted by Gasteiger charge is 2.25. The lowest BCUT2D eigenvalue weighted by molar-refractivity contribution is -0.150. The van der Waals surface area contributed by atoms with Gasteiger partial charge in [0.15, 0.2) is 6.61 Å². The number of amides is 1. The SMILES string of the molecule is COC(=O)C[C@H](NC(=O)COc1cc(Cl)c(Cl)cc1Cl)C(=O)OC. The molecular formula is C14H14Cl3NO6. The van der Waals surface area contributed by atoms with Crippen LogP contribution in [0.5, 0.6) is 5.75 Å². The molecule has 1 N–H and O–H groups in total. The van der Waals surface area contributed by atoms with Gasteiger partial charge in [0, 0.05) is 6.07 Å². The van der Waals surface area contributed by atoms with Gasteiger partial charge in [-0.15, -0.1) is 0 Å². The molecule has 1 amide bonds. The van der Waals surface area contributed by atoms with E-state index in [0.717, 1.165) is 14.2 Å². The summed E-state index contributed by atoms with van der Waals surface area (Å²) < 4.78 is 14.2. The van der Waals surface area contributed by atoms with E-state index in [4.69, 9.17) is 39.5 Å². The zero-order chi connectivity index (χ0) is 18.3. The van der Waals surface area contributed by atoms with Gasteiger partial charge in [-0.3, -0.25) is 9.59 Å². The van der Waals surface area contributed by atoms with E-state index in [1.165, 1.54) is 12.1 Å². The molecule has 0 radical (unpaired) electrons. The monoisotopic (exact) mass is 397 g/mol. The van der Waals surface area contributed by atoms with E-state index < -0.39 is 30.5 Å². The molecule has 0 aliphatic heterocycles. The highest BCUT2D eigenvalue weighted by atomic mass is 35.5. The third-order valence-electron chi connectivity index (χ3n) is 2.75. The Kier molecular flexibility index (Phi) is 8.10. The van der Waals surface area contributed by atoms with E-state index in [1.807, 2.05) is 0 Å². The Morgan fingerprint density at radius 2 is 1.67 bits per heavy atom. The molecule has 10 heteroatoms. The van der Waals surface area contributed by atoms with Crippen molar-refractivity contribution in [1.29, 1.82) is 0 Å². The zero-order valence-corrected chi connectivity index (χ0v) is 15.0. The number of benzene rings is 1. The van der Waals surface area contributed by atoms with Gasteiger partial charge < -0.3 is 19.5 Å². The average molecular weight is 399 g/mol. The maximum absolute atomic E-state index is 11.9. The van der Waals surface area contributed by atoms with Crippen LogP contribution in [0.1, 0.15) is 6.42 Å². The lowest BCUT2D eigenvalue weighted by Crippen LogP contribution is -2.44.